The first-order valence-electron chi connectivity index (χ1n) is 19.7. The van der Waals surface area contributed by atoms with Gasteiger partial charge in [-0.25, -0.2) is 18.3 Å². The summed E-state index contributed by atoms with van der Waals surface area (Å²) in [6.07, 6.45) is -27.5. The third-order valence-electron chi connectivity index (χ3n) is 8.88. The van der Waals surface area contributed by atoms with Crippen molar-refractivity contribution in [3.8, 4) is 0 Å². The van der Waals surface area contributed by atoms with E-state index in [1.165, 1.54) is 14.2 Å². The number of hydrogen-bond donors (Lipinski definition) is 12. The second-order valence-corrected chi connectivity index (χ2v) is 21.6. The highest BCUT2D eigenvalue weighted by Gasteiger charge is 2.60. The molecule has 0 aliphatic heterocycles. The van der Waals surface area contributed by atoms with Gasteiger partial charge in [0.05, 0.1) is 79.3 Å². The Morgan fingerprint density at radius 3 is 0.704 bits per heavy atom. The molecule has 0 aromatic carbocycles. The van der Waals surface area contributed by atoms with Crippen LogP contribution in [0, 0.1) is 0 Å². The average Bonchev–Trinajstić information content (AvgIpc) is 3.20. The van der Waals surface area contributed by atoms with Gasteiger partial charge in [0, 0.05) is 14.2 Å². The van der Waals surface area contributed by atoms with E-state index in [1.807, 2.05) is 0 Å². The summed E-state index contributed by atoms with van der Waals surface area (Å²) in [7, 11) is -37.3. The van der Waals surface area contributed by atoms with E-state index < -0.39 is 177 Å². The standard InChI is InChI=1S/C26H58O37P8/c1-47-3-5-49-7-11-52-15-19(56-64(27)28)16(24(61-69(38,39)40)17(23(15)60-68(35,36)37)54-13-8-50-6-4-48-2)53-12-9-51-10-14-55-18-25(62-70(41,42)43)21(58-66(31)32)20(57-65(29)30)22(59-67(33)34)26(18)63-71(44,45)46/h15-26,64-67H,3-14H2,1-2H3,(H,27,28)(H,29,30)(H,31,32)(H,33,34)(H2,35,36,37)(H2,38,39,40)(H2,41,42,43)(H2,44,45,46)/t15-,16-,17-,18-,19-,20+,21+,22-,23+,24-,25+,26-/m1/s1. The zero-order valence-corrected chi connectivity index (χ0v) is 44.4. The maximum atomic E-state index is 12.4. The minimum absolute atomic E-state index is 0.0127. The lowest BCUT2D eigenvalue weighted by molar-refractivity contribution is -0.248. The van der Waals surface area contributed by atoms with Crippen LogP contribution in [0.4, 0.5) is 0 Å². The highest BCUT2D eigenvalue weighted by molar-refractivity contribution is 7.47. The van der Waals surface area contributed by atoms with Crippen LogP contribution >= 0.6 is 64.3 Å². The summed E-state index contributed by atoms with van der Waals surface area (Å²) in [4.78, 5) is 117. The molecule has 2 aliphatic carbocycles. The molecule has 0 spiro atoms. The van der Waals surface area contributed by atoms with E-state index >= 15 is 0 Å². The molecule has 0 radical (unpaired) electrons. The van der Waals surface area contributed by atoms with E-state index in [9.17, 15) is 95.2 Å². The quantitative estimate of drug-likeness (QED) is 0.0215. The highest BCUT2D eigenvalue weighted by Crippen LogP contribution is 2.52. The largest absolute Gasteiger partial charge is 0.470 e. The minimum atomic E-state index is -5.84. The van der Waals surface area contributed by atoms with Crippen LogP contribution in [-0.2, 0) is 115 Å². The van der Waals surface area contributed by atoms with Crippen LogP contribution in [0.2, 0.25) is 0 Å². The van der Waals surface area contributed by atoms with Gasteiger partial charge in [0.1, 0.15) is 73.2 Å². The summed E-state index contributed by atoms with van der Waals surface area (Å²) >= 11 is 0. The van der Waals surface area contributed by atoms with Gasteiger partial charge in [-0.1, -0.05) is 0 Å². The Balaban J connectivity index is 2.53. The SMILES string of the molecule is COCCOCCO[C@@H]1[C@@H](OP(=O)(O)O)[C@H](OCCOCCOC)[C@@H](O[PH](=O)O)[C@@H](OCCOCCO[C@H]2[C@@H](OP(=O)(O)O)[C@H](O[PH](=O)O)[C@@H](O[PH](=O)O)[C@H](O[PH](=O)O)[C@H]2OP(=O)(O)O)[C@H]1OP(=O)(O)O. The average molecular weight is 1210 g/mol. The number of rotatable bonds is 38. The summed E-state index contributed by atoms with van der Waals surface area (Å²) in [5.41, 5.74) is 0. The van der Waals surface area contributed by atoms with Crippen LogP contribution in [-0.4, -0.2) is 225 Å². The van der Waals surface area contributed by atoms with Gasteiger partial charge in [-0.05, 0) is 0 Å². The van der Waals surface area contributed by atoms with Crippen molar-refractivity contribution >= 4 is 64.3 Å². The summed E-state index contributed by atoms with van der Waals surface area (Å²) in [5, 5.41) is 0. The molecule has 0 aromatic rings. The Labute approximate surface area is 404 Å². The lowest BCUT2D eigenvalue weighted by atomic mass is 9.84. The predicted octanol–water partition coefficient (Wildman–Crippen LogP) is -3.12. The number of hydrogen-bond acceptors (Lipinski definition) is 25. The molecule has 2 fully saturated rings. The minimum Gasteiger partial charge on any atom is -0.382 e. The Morgan fingerprint density at radius 2 is 0.493 bits per heavy atom. The van der Waals surface area contributed by atoms with E-state index in [1.54, 1.807) is 0 Å². The molecule has 2 aliphatic rings. The van der Waals surface area contributed by atoms with Crippen molar-refractivity contribution in [1.29, 1.82) is 0 Å². The normalized spacial score (nSPS) is 29.7. The Morgan fingerprint density at radius 1 is 0.310 bits per heavy atom. The summed E-state index contributed by atoms with van der Waals surface area (Å²) in [6.45, 7) is -4.26. The first kappa shape index (κ1) is 67.8. The summed E-state index contributed by atoms with van der Waals surface area (Å²) in [6, 6.07) is 0. The number of phosphoric acid groups is 4. The van der Waals surface area contributed by atoms with Crippen molar-refractivity contribution in [2.75, 3.05) is 93.5 Å². The molecule has 0 amide bonds. The lowest BCUT2D eigenvalue weighted by Gasteiger charge is -2.48. The third kappa shape index (κ3) is 27.2. The van der Waals surface area contributed by atoms with E-state index in [2.05, 4.69) is 9.05 Å². The first-order valence-corrected chi connectivity index (χ1v) is 30.9. The van der Waals surface area contributed by atoms with Gasteiger partial charge >= 0.3 is 64.3 Å². The van der Waals surface area contributed by atoms with Crippen LogP contribution in [0.5, 0.6) is 0 Å². The molecular weight excluding hydrogens is 1150 g/mol. The predicted molar refractivity (Wildman–Crippen MR) is 227 cm³/mol. The molecule has 2 saturated carbocycles. The van der Waals surface area contributed by atoms with Gasteiger partial charge in [-0.3, -0.25) is 36.4 Å². The maximum absolute atomic E-state index is 12.4. The number of ether oxygens (including phenoxy) is 9. The molecule has 424 valence electrons. The van der Waals surface area contributed by atoms with Gasteiger partial charge in [0.2, 0.25) is 0 Å². The topological polar surface area (TPSA) is 536 Å². The second-order valence-electron chi connectivity index (χ2n) is 13.8. The third-order valence-corrected chi connectivity index (χ3v) is 12.9. The molecule has 12 N–H and O–H groups in total. The van der Waals surface area contributed by atoms with Gasteiger partial charge in [0.15, 0.2) is 0 Å². The molecule has 0 aromatic heterocycles. The fraction of sp³-hybridized carbons (Fsp3) is 1.00. The van der Waals surface area contributed by atoms with Crippen molar-refractivity contribution in [2.24, 2.45) is 0 Å². The summed E-state index contributed by atoms with van der Waals surface area (Å²) in [5.74, 6) is 0. The van der Waals surface area contributed by atoms with Crippen molar-refractivity contribution in [2.45, 2.75) is 73.2 Å². The Kier molecular flexibility index (Phi) is 31.7. The zero-order chi connectivity index (χ0) is 53.7. The second kappa shape index (κ2) is 33.2. The zero-order valence-electron chi connectivity index (χ0n) is 36.8. The van der Waals surface area contributed by atoms with Crippen molar-refractivity contribution in [3.63, 3.8) is 0 Å². The fourth-order valence-electron chi connectivity index (χ4n) is 6.68. The van der Waals surface area contributed by atoms with E-state index in [-0.39, 0.29) is 39.6 Å². The van der Waals surface area contributed by atoms with Crippen LogP contribution in [0.25, 0.3) is 0 Å². The maximum Gasteiger partial charge on any atom is 0.470 e. The van der Waals surface area contributed by atoms with Crippen molar-refractivity contribution in [3.05, 3.63) is 0 Å². The van der Waals surface area contributed by atoms with E-state index in [0.717, 1.165) is 0 Å². The van der Waals surface area contributed by atoms with Crippen molar-refractivity contribution < 1.29 is 174 Å². The Bertz CT molecular complexity index is 1790. The van der Waals surface area contributed by atoms with Gasteiger partial charge in [-0.15, -0.1) is 0 Å². The molecule has 71 heavy (non-hydrogen) atoms. The van der Waals surface area contributed by atoms with Crippen molar-refractivity contribution in [1.82, 2.24) is 0 Å². The Hall–Kier alpha value is 0.680. The number of methoxy groups -OCH3 is 2. The molecule has 0 bridgehead atoms. The lowest BCUT2D eigenvalue weighted by Crippen LogP contribution is -2.67. The molecule has 45 heteroatoms. The van der Waals surface area contributed by atoms with Gasteiger partial charge in [0.25, 0.3) is 0 Å². The molecule has 37 nitrogen and oxygen atoms in total. The van der Waals surface area contributed by atoms with Gasteiger partial charge in [-0.2, -0.15) is 0 Å². The van der Waals surface area contributed by atoms with E-state index in [4.69, 9.17) is 69.8 Å². The van der Waals surface area contributed by atoms with Crippen LogP contribution in [0.15, 0.2) is 0 Å². The first-order chi connectivity index (χ1) is 33.0. The molecule has 0 saturated heterocycles. The van der Waals surface area contributed by atoms with Crippen LogP contribution in [0.3, 0.4) is 0 Å². The monoisotopic (exact) mass is 1210 g/mol. The molecule has 4 unspecified atom stereocenters. The highest BCUT2D eigenvalue weighted by atomic mass is 31.2. The number of phosphoric ester groups is 4. The van der Waals surface area contributed by atoms with Gasteiger partial charge < -0.3 is 119 Å². The molecule has 16 atom stereocenters. The summed E-state index contributed by atoms with van der Waals surface area (Å²) < 4.78 is 184. The van der Waals surface area contributed by atoms with Crippen LogP contribution < -0.4 is 0 Å². The molecule has 0 heterocycles. The molecule has 2 rings (SSSR count). The fourth-order valence-corrected chi connectivity index (χ4v) is 10.9. The smallest absolute Gasteiger partial charge is 0.382 e. The molecular formula is C26H58O37P8. The van der Waals surface area contributed by atoms with Crippen LogP contribution in [0.1, 0.15) is 0 Å². The van der Waals surface area contributed by atoms with E-state index in [0.29, 0.717) is 0 Å².